The third-order valence-electron chi connectivity index (χ3n) is 1.70. The summed E-state index contributed by atoms with van der Waals surface area (Å²) in [6.45, 7) is 5.90. The number of allylic oxidation sites excluding steroid dienone is 2. The molecule has 0 saturated heterocycles. The Labute approximate surface area is 73.4 Å². The van der Waals surface area contributed by atoms with E-state index in [9.17, 15) is 4.79 Å². The average Bonchev–Trinajstić information content (AvgIpc) is 1.87. The lowest BCUT2D eigenvalue weighted by Crippen LogP contribution is -2.08. The van der Waals surface area contributed by atoms with Crippen LogP contribution in [0, 0.1) is 11.8 Å². The molecule has 0 spiro atoms. The van der Waals surface area contributed by atoms with E-state index in [1.807, 2.05) is 26.8 Å². The number of carbonyl (C=O) groups excluding carboxylic acids is 1. The Hall–Kier alpha value is -0.300. The van der Waals surface area contributed by atoms with Crippen LogP contribution in [-0.2, 0) is 4.79 Å². The second-order valence-electron chi connectivity index (χ2n) is 3.07. The van der Waals surface area contributed by atoms with Crippen LogP contribution < -0.4 is 0 Å². The highest BCUT2D eigenvalue weighted by Crippen LogP contribution is 2.14. The van der Waals surface area contributed by atoms with Gasteiger partial charge >= 0.3 is 0 Å². The summed E-state index contributed by atoms with van der Waals surface area (Å²) in [5, 5.41) is 0.762. The van der Waals surface area contributed by atoms with Crippen LogP contribution in [0.5, 0.6) is 0 Å². The minimum atomic E-state index is 0.115. The molecule has 0 N–H and O–H groups in total. The predicted molar refractivity (Wildman–Crippen MR) is 48.6 cm³/mol. The zero-order valence-electron chi connectivity index (χ0n) is 7.30. The van der Waals surface area contributed by atoms with E-state index in [-0.39, 0.29) is 5.92 Å². The molecule has 0 heterocycles. The van der Waals surface area contributed by atoms with Crippen molar-refractivity contribution in [3.63, 3.8) is 0 Å². The first-order valence-corrected chi connectivity index (χ1v) is 4.23. The Balaban J connectivity index is 3.89. The minimum absolute atomic E-state index is 0.115. The van der Waals surface area contributed by atoms with Crippen LogP contribution in [0.3, 0.4) is 0 Å². The van der Waals surface area contributed by atoms with E-state index >= 15 is 0 Å². The second kappa shape index (κ2) is 5.36. The van der Waals surface area contributed by atoms with Crippen molar-refractivity contribution >= 4 is 17.9 Å². The molecule has 0 rings (SSSR count). The summed E-state index contributed by atoms with van der Waals surface area (Å²) in [5.74, 6) is 0.517. The van der Waals surface area contributed by atoms with Crippen LogP contribution in [-0.4, -0.2) is 6.29 Å². The van der Waals surface area contributed by atoms with Crippen LogP contribution >= 0.6 is 11.6 Å². The molecule has 0 aromatic rings. The van der Waals surface area contributed by atoms with Gasteiger partial charge in [0.25, 0.3) is 0 Å². The lowest BCUT2D eigenvalue weighted by Gasteiger charge is -2.10. The SMILES string of the molecule is C/C(Cl)=C/CC(C=O)C(C)C. The summed E-state index contributed by atoms with van der Waals surface area (Å²) in [7, 11) is 0. The zero-order valence-corrected chi connectivity index (χ0v) is 8.06. The van der Waals surface area contributed by atoms with E-state index in [2.05, 4.69) is 0 Å². The standard InChI is InChI=1S/C9H15ClO/c1-7(2)9(6-11)5-4-8(3)10/h4,6-7,9H,5H2,1-3H3/b8-4-. The number of rotatable bonds is 4. The first kappa shape index (κ1) is 10.7. The lowest BCUT2D eigenvalue weighted by atomic mass is 9.94. The van der Waals surface area contributed by atoms with Crippen molar-refractivity contribution in [3.05, 3.63) is 11.1 Å². The van der Waals surface area contributed by atoms with E-state index in [4.69, 9.17) is 11.6 Å². The molecule has 1 atom stereocenters. The van der Waals surface area contributed by atoms with Crippen LogP contribution in [0.2, 0.25) is 0 Å². The van der Waals surface area contributed by atoms with Gasteiger partial charge in [-0.2, -0.15) is 0 Å². The number of hydrogen-bond acceptors (Lipinski definition) is 1. The van der Waals surface area contributed by atoms with Crippen molar-refractivity contribution in [3.8, 4) is 0 Å². The molecule has 0 bridgehead atoms. The van der Waals surface area contributed by atoms with Crippen molar-refractivity contribution < 1.29 is 4.79 Å². The molecule has 0 amide bonds. The number of hydrogen-bond donors (Lipinski definition) is 0. The van der Waals surface area contributed by atoms with Gasteiger partial charge in [-0.1, -0.05) is 31.5 Å². The fourth-order valence-corrected chi connectivity index (χ4v) is 0.872. The average molecular weight is 175 g/mol. The van der Waals surface area contributed by atoms with E-state index in [0.717, 1.165) is 17.7 Å². The first-order chi connectivity index (χ1) is 5.07. The van der Waals surface area contributed by atoms with Crippen molar-refractivity contribution in [2.24, 2.45) is 11.8 Å². The Morgan fingerprint density at radius 3 is 2.36 bits per heavy atom. The largest absolute Gasteiger partial charge is 0.303 e. The maximum absolute atomic E-state index is 10.5. The predicted octanol–water partition coefficient (Wildman–Crippen LogP) is 2.99. The fraction of sp³-hybridized carbons (Fsp3) is 0.667. The molecule has 11 heavy (non-hydrogen) atoms. The van der Waals surface area contributed by atoms with Gasteiger partial charge in [0.05, 0.1) is 0 Å². The minimum Gasteiger partial charge on any atom is -0.303 e. The summed E-state index contributed by atoms with van der Waals surface area (Å²) in [4.78, 5) is 10.5. The molecule has 2 heteroatoms. The van der Waals surface area contributed by atoms with E-state index in [0.29, 0.717) is 5.92 Å². The van der Waals surface area contributed by atoms with Gasteiger partial charge in [-0.3, -0.25) is 0 Å². The highest BCUT2D eigenvalue weighted by molar-refractivity contribution is 6.29. The maximum atomic E-state index is 10.5. The summed E-state index contributed by atoms with van der Waals surface area (Å²) >= 11 is 5.63. The van der Waals surface area contributed by atoms with Gasteiger partial charge < -0.3 is 4.79 Å². The Morgan fingerprint density at radius 2 is 2.09 bits per heavy atom. The van der Waals surface area contributed by atoms with Gasteiger partial charge in [-0.15, -0.1) is 0 Å². The highest BCUT2D eigenvalue weighted by Gasteiger charge is 2.09. The van der Waals surface area contributed by atoms with E-state index in [1.54, 1.807) is 0 Å². The quantitative estimate of drug-likeness (QED) is 0.599. The van der Waals surface area contributed by atoms with E-state index < -0.39 is 0 Å². The molecular weight excluding hydrogens is 160 g/mol. The molecule has 0 aromatic carbocycles. The van der Waals surface area contributed by atoms with Crippen LogP contribution in [0.1, 0.15) is 27.2 Å². The molecule has 0 saturated carbocycles. The van der Waals surface area contributed by atoms with Crippen molar-refractivity contribution in [2.75, 3.05) is 0 Å². The number of halogens is 1. The summed E-state index contributed by atoms with van der Waals surface area (Å²) in [6, 6.07) is 0. The molecule has 0 fully saturated rings. The van der Waals surface area contributed by atoms with Crippen LogP contribution in [0.15, 0.2) is 11.1 Å². The van der Waals surface area contributed by atoms with Gasteiger partial charge in [-0.05, 0) is 19.3 Å². The Kier molecular flexibility index (Phi) is 5.22. The molecule has 0 aliphatic carbocycles. The van der Waals surface area contributed by atoms with Gasteiger partial charge in [0.15, 0.2) is 0 Å². The molecule has 0 radical (unpaired) electrons. The molecule has 1 unspecified atom stereocenters. The zero-order chi connectivity index (χ0) is 8.85. The number of carbonyl (C=O) groups is 1. The topological polar surface area (TPSA) is 17.1 Å². The summed E-state index contributed by atoms with van der Waals surface area (Å²) < 4.78 is 0. The monoisotopic (exact) mass is 174 g/mol. The lowest BCUT2D eigenvalue weighted by molar-refractivity contribution is -0.112. The molecule has 0 aliphatic heterocycles. The maximum Gasteiger partial charge on any atom is 0.123 e. The molecule has 64 valence electrons. The first-order valence-electron chi connectivity index (χ1n) is 3.85. The van der Waals surface area contributed by atoms with E-state index in [1.165, 1.54) is 0 Å². The molecule has 1 nitrogen and oxygen atoms in total. The van der Waals surface area contributed by atoms with Gasteiger partial charge in [0, 0.05) is 11.0 Å². The smallest absolute Gasteiger partial charge is 0.123 e. The molecular formula is C9H15ClO. The second-order valence-corrected chi connectivity index (χ2v) is 3.67. The third-order valence-corrected chi connectivity index (χ3v) is 1.86. The van der Waals surface area contributed by atoms with Gasteiger partial charge in [-0.25, -0.2) is 0 Å². The molecule has 0 aromatic heterocycles. The van der Waals surface area contributed by atoms with Gasteiger partial charge in [0.1, 0.15) is 6.29 Å². The third kappa shape index (κ3) is 5.02. The number of aldehydes is 1. The summed E-state index contributed by atoms with van der Waals surface area (Å²) in [6.07, 6.45) is 3.65. The van der Waals surface area contributed by atoms with Crippen molar-refractivity contribution in [2.45, 2.75) is 27.2 Å². The normalized spacial score (nSPS) is 15.2. The van der Waals surface area contributed by atoms with Crippen molar-refractivity contribution in [1.29, 1.82) is 0 Å². The summed E-state index contributed by atoms with van der Waals surface area (Å²) in [5.41, 5.74) is 0. The fourth-order valence-electron chi connectivity index (χ4n) is 0.783. The Morgan fingerprint density at radius 1 is 1.55 bits per heavy atom. The molecule has 0 aliphatic rings. The van der Waals surface area contributed by atoms with Crippen molar-refractivity contribution in [1.82, 2.24) is 0 Å². The van der Waals surface area contributed by atoms with Crippen LogP contribution in [0.25, 0.3) is 0 Å². The van der Waals surface area contributed by atoms with Gasteiger partial charge in [0.2, 0.25) is 0 Å². The van der Waals surface area contributed by atoms with Crippen LogP contribution in [0.4, 0.5) is 0 Å². The Bertz CT molecular complexity index is 146. The highest BCUT2D eigenvalue weighted by atomic mass is 35.5.